The van der Waals surface area contributed by atoms with E-state index in [4.69, 9.17) is 21.4 Å². The molecule has 0 fully saturated rings. The van der Waals surface area contributed by atoms with Crippen LogP contribution in [0.1, 0.15) is 19.4 Å². The molecule has 1 aromatic rings. The van der Waals surface area contributed by atoms with Gasteiger partial charge in [-0.25, -0.2) is 4.79 Å². The number of rotatable bonds is 5. The van der Waals surface area contributed by atoms with Crippen molar-refractivity contribution in [2.45, 2.75) is 20.8 Å². The molecule has 18 heavy (non-hydrogen) atoms. The Balaban J connectivity index is 2.76. The second-order valence-corrected chi connectivity index (χ2v) is 4.85. The minimum atomic E-state index is -0.949. The molecular weight excluding hydrogens is 252 g/mol. The normalized spacial score (nSPS) is 11.7. The first-order valence-electron chi connectivity index (χ1n) is 5.72. The quantitative estimate of drug-likeness (QED) is 0.829. The summed E-state index contributed by atoms with van der Waals surface area (Å²) < 4.78 is 5.63. The molecule has 1 aromatic carbocycles. The zero-order valence-electron chi connectivity index (χ0n) is 10.7. The predicted octanol–water partition coefficient (Wildman–Crippen LogP) is 3.69. The van der Waals surface area contributed by atoms with Crippen LogP contribution in [0.5, 0.6) is 5.75 Å². The second kappa shape index (κ2) is 6.45. The minimum absolute atomic E-state index is 0.133. The van der Waals surface area contributed by atoms with Gasteiger partial charge in [0.2, 0.25) is 0 Å². The summed E-state index contributed by atoms with van der Waals surface area (Å²) in [5.41, 5.74) is 1.68. The fourth-order valence-electron chi connectivity index (χ4n) is 1.47. The van der Waals surface area contributed by atoms with E-state index in [1.54, 1.807) is 12.1 Å². The van der Waals surface area contributed by atoms with Gasteiger partial charge in [0.1, 0.15) is 12.4 Å². The van der Waals surface area contributed by atoms with E-state index in [0.29, 0.717) is 5.02 Å². The highest BCUT2D eigenvalue weighted by Gasteiger charge is 2.08. The van der Waals surface area contributed by atoms with Crippen molar-refractivity contribution in [1.29, 1.82) is 0 Å². The van der Waals surface area contributed by atoms with Gasteiger partial charge in [0.05, 0.1) is 0 Å². The van der Waals surface area contributed by atoms with Crippen LogP contribution in [0.3, 0.4) is 0 Å². The molecule has 0 aliphatic heterocycles. The Morgan fingerprint density at radius 1 is 1.50 bits per heavy atom. The average molecular weight is 269 g/mol. The van der Waals surface area contributed by atoms with Crippen molar-refractivity contribution in [1.82, 2.24) is 0 Å². The van der Waals surface area contributed by atoms with Crippen molar-refractivity contribution in [2.24, 2.45) is 5.92 Å². The molecule has 0 radical (unpaired) electrons. The largest absolute Gasteiger partial charge is 0.489 e. The van der Waals surface area contributed by atoms with Gasteiger partial charge in [-0.15, -0.1) is 0 Å². The van der Waals surface area contributed by atoms with Crippen LogP contribution in [0.2, 0.25) is 5.02 Å². The smallest absolute Gasteiger partial charge is 0.328 e. The van der Waals surface area contributed by atoms with Crippen molar-refractivity contribution in [3.8, 4) is 5.75 Å². The van der Waals surface area contributed by atoms with E-state index in [2.05, 4.69) is 0 Å². The Kier molecular flexibility index (Phi) is 5.23. The Morgan fingerprint density at radius 2 is 2.17 bits per heavy atom. The molecule has 0 spiro atoms. The van der Waals surface area contributed by atoms with Crippen molar-refractivity contribution in [3.63, 3.8) is 0 Å². The average Bonchev–Trinajstić information content (AvgIpc) is 2.25. The molecule has 0 saturated heterocycles. The van der Waals surface area contributed by atoms with Crippen LogP contribution in [-0.2, 0) is 4.79 Å². The molecule has 0 amide bonds. The van der Waals surface area contributed by atoms with E-state index in [0.717, 1.165) is 16.9 Å². The summed E-state index contributed by atoms with van der Waals surface area (Å²) in [6.07, 6.45) is 1.20. The summed E-state index contributed by atoms with van der Waals surface area (Å²) in [6.45, 7) is 6.04. The van der Waals surface area contributed by atoms with E-state index in [9.17, 15) is 4.79 Å². The predicted molar refractivity (Wildman–Crippen MR) is 72.2 cm³/mol. The lowest BCUT2D eigenvalue weighted by molar-refractivity contribution is -0.131. The molecule has 0 bridgehead atoms. The van der Waals surface area contributed by atoms with Crippen molar-refractivity contribution < 1.29 is 14.6 Å². The standard InChI is InChI=1S/C14H17ClO3/c1-9(2)11(7-14(16)17)8-18-13-5-4-12(15)6-10(13)3/h4-7,9H,8H2,1-3H3,(H,16,17)/b11-7-. The Labute approximate surface area is 112 Å². The fourth-order valence-corrected chi connectivity index (χ4v) is 1.70. The van der Waals surface area contributed by atoms with Crippen LogP contribution in [-0.4, -0.2) is 17.7 Å². The van der Waals surface area contributed by atoms with Crippen LogP contribution >= 0.6 is 11.6 Å². The van der Waals surface area contributed by atoms with Crippen molar-refractivity contribution in [2.75, 3.05) is 6.61 Å². The highest BCUT2D eigenvalue weighted by Crippen LogP contribution is 2.23. The number of aliphatic carboxylic acids is 1. The zero-order valence-corrected chi connectivity index (χ0v) is 11.5. The van der Waals surface area contributed by atoms with E-state index >= 15 is 0 Å². The second-order valence-electron chi connectivity index (χ2n) is 4.41. The highest BCUT2D eigenvalue weighted by atomic mass is 35.5. The lowest BCUT2D eigenvalue weighted by Gasteiger charge is -2.14. The monoisotopic (exact) mass is 268 g/mol. The molecule has 0 unspecified atom stereocenters. The SMILES string of the molecule is Cc1cc(Cl)ccc1OC/C(=C/C(=O)O)C(C)C. The third-order valence-electron chi connectivity index (χ3n) is 2.58. The van der Waals surface area contributed by atoms with Gasteiger partial charge in [0.15, 0.2) is 0 Å². The Hall–Kier alpha value is -1.48. The first kappa shape index (κ1) is 14.6. The third kappa shape index (κ3) is 4.41. The molecule has 0 saturated carbocycles. The van der Waals surface area contributed by atoms with Gasteiger partial charge in [-0.3, -0.25) is 0 Å². The number of hydrogen-bond donors (Lipinski definition) is 1. The lowest BCUT2D eigenvalue weighted by atomic mass is 10.0. The number of ether oxygens (including phenoxy) is 1. The van der Waals surface area contributed by atoms with E-state index in [1.165, 1.54) is 6.08 Å². The Morgan fingerprint density at radius 3 is 2.67 bits per heavy atom. The molecule has 4 heteroatoms. The van der Waals surface area contributed by atoms with E-state index < -0.39 is 5.97 Å². The maximum absolute atomic E-state index is 10.7. The Bertz CT molecular complexity index is 464. The maximum atomic E-state index is 10.7. The molecule has 1 rings (SSSR count). The molecule has 0 aliphatic rings. The number of halogens is 1. The summed E-state index contributed by atoms with van der Waals surface area (Å²) in [5, 5.41) is 9.43. The molecule has 3 nitrogen and oxygen atoms in total. The van der Waals surface area contributed by atoms with Gasteiger partial charge >= 0.3 is 5.97 Å². The summed E-state index contributed by atoms with van der Waals surface area (Å²) in [4.78, 5) is 10.7. The van der Waals surface area contributed by atoms with E-state index in [-0.39, 0.29) is 12.5 Å². The number of carboxylic acid groups (broad SMARTS) is 1. The summed E-state index contributed by atoms with van der Waals surface area (Å²) in [6, 6.07) is 5.35. The van der Waals surface area contributed by atoms with Gasteiger partial charge in [-0.2, -0.15) is 0 Å². The van der Waals surface area contributed by atoms with Crippen LogP contribution in [0, 0.1) is 12.8 Å². The summed E-state index contributed by atoms with van der Waals surface area (Å²) >= 11 is 5.85. The van der Waals surface area contributed by atoms with Crippen molar-refractivity contribution in [3.05, 3.63) is 40.4 Å². The minimum Gasteiger partial charge on any atom is -0.489 e. The van der Waals surface area contributed by atoms with Crippen molar-refractivity contribution >= 4 is 17.6 Å². The topological polar surface area (TPSA) is 46.5 Å². The lowest BCUT2D eigenvalue weighted by Crippen LogP contribution is -2.09. The van der Waals surface area contributed by atoms with Gasteiger partial charge in [-0.05, 0) is 42.2 Å². The zero-order chi connectivity index (χ0) is 13.7. The van der Waals surface area contributed by atoms with Gasteiger partial charge in [-0.1, -0.05) is 25.4 Å². The molecule has 98 valence electrons. The molecule has 1 N–H and O–H groups in total. The van der Waals surface area contributed by atoms with Crippen LogP contribution in [0.25, 0.3) is 0 Å². The third-order valence-corrected chi connectivity index (χ3v) is 2.82. The number of hydrogen-bond acceptors (Lipinski definition) is 2. The van der Waals surface area contributed by atoms with Crippen LogP contribution in [0.15, 0.2) is 29.8 Å². The first-order chi connectivity index (χ1) is 8.40. The fraction of sp³-hybridized carbons (Fsp3) is 0.357. The number of carbonyl (C=O) groups is 1. The van der Waals surface area contributed by atoms with Gasteiger partial charge < -0.3 is 9.84 Å². The number of benzene rings is 1. The maximum Gasteiger partial charge on any atom is 0.328 e. The molecular formula is C14H17ClO3. The number of carboxylic acids is 1. The summed E-state index contributed by atoms with van der Waals surface area (Å²) in [5.74, 6) is -0.0971. The van der Waals surface area contributed by atoms with E-state index in [1.807, 2.05) is 26.8 Å². The van der Waals surface area contributed by atoms with Crippen LogP contribution < -0.4 is 4.74 Å². The number of aryl methyl sites for hydroxylation is 1. The highest BCUT2D eigenvalue weighted by molar-refractivity contribution is 6.30. The molecule has 0 heterocycles. The van der Waals surface area contributed by atoms with Crippen LogP contribution in [0.4, 0.5) is 0 Å². The summed E-state index contributed by atoms with van der Waals surface area (Å²) in [7, 11) is 0. The molecule has 0 atom stereocenters. The van der Waals surface area contributed by atoms with Gasteiger partial charge in [0.25, 0.3) is 0 Å². The molecule has 0 aromatic heterocycles. The molecule has 0 aliphatic carbocycles. The first-order valence-corrected chi connectivity index (χ1v) is 6.10. The van der Waals surface area contributed by atoms with Gasteiger partial charge in [0, 0.05) is 11.1 Å².